The smallest absolute Gasteiger partial charge is 0.259 e. The van der Waals surface area contributed by atoms with E-state index >= 15 is 4.79 Å². The summed E-state index contributed by atoms with van der Waals surface area (Å²) in [5.74, 6) is -1.67. The molecule has 3 aromatic carbocycles. The van der Waals surface area contributed by atoms with Crippen molar-refractivity contribution in [1.82, 2.24) is 9.80 Å². The van der Waals surface area contributed by atoms with E-state index in [2.05, 4.69) is 0 Å². The van der Waals surface area contributed by atoms with Crippen LogP contribution in [0.5, 0.6) is 0 Å². The van der Waals surface area contributed by atoms with E-state index in [1.807, 2.05) is 50.2 Å². The van der Waals surface area contributed by atoms with Gasteiger partial charge in [0.1, 0.15) is 17.9 Å². The summed E-state index contributed by atoms with van der Waals surface area (Å²) in [6.07, 6.45) is 3.83. The second kappa shape index (κ2) is 18.5. The van der Waals surface area contributed by atoms with Gasteiger partial charge in [0, 0.05) is 18.5 Å². The molecule has 0 bridgehead atoms. The van der Waals surface area contributed by atoms with Crippen molar-refractivity contribution < 1.29 is 23.7 Å². The zero-order valence-corrected chi connectivity index (χ0v) is 29.6. The van der Waals surface area contributed by atoms with Crippen LogP contribution in [-0.4, -0.2) is 64.4 Å². The number of hydrogen-bond acceptors (Lipinski definition) is 6. The Hall–Kier alpha value is -4.20. The van der Waals surface area contributed by atoms with Crippen molar-refractivity contribution in [2.24, 2.45) is 11.7 Å². The summed E-state index contributed by atoms with van der Waals surface area (Å²) in [5.41, 5.74) is 6.35. The van der Waals surface area contributed by atoms with E-state index in [4.69, 9.17) is 5.73 Å². The van der Waals surface area contributed by atoms with Crippen LogP contribution in [0.15, 0.2) is 91.0 Å². The van der Waals surface area contributed by atoms with Crippen molar-refractivity contribution in [3.8, 4) is 0 Å². The minimum Gasteiger partial charge on any atom is -0.330 e. The van der Waals surface area contributed by atoms with Crippen molar-refractivity contribution in [2.45, 2.75) is 83.2 Å². The Kier molecular flexibility index (Phi) is 14.2. The maximum Gasteiger partial charge on any atom is 0.259 e. The summed E-state index contributed by atoms with van der Waals surface area (Å²) in [7, 11) is -0.311. The first-order valence-corrected chi connectivity index (χ1v) is 18.4. The normalized spacial score (nSPS) is 15.6. The highest BCUT2D eigenvalue weighted by molar-refractivity contribution is 7.23. The Balaban J connectivity index is 1.77. The molecule has 1 saturated heterocycles. The predicted molar refractivity (Wildman–Crippen MR) is 193 cm³/mol. The number of imide groups is 1. The highest BCUT2D eigenvalue weighted by Crippen LogP contribution is 2.37. The molecule has 1 aliphatic heterocycles. The lowest BCUT2D eigenvalue weighted by atomic mass is 9.80. The van der Waals surface area contributed by atoms with Crippen molar-refractivity contribution in [1.29, 1.82) is 0 Å². The van der Waals surface area contributed by atoms with Crippen LogP contribution in [0.1, 0.15) is 81.1 Å². The number of nitrogens with zero attached hydrogens (tertiary/aromatic N) is 3. The first kappa shape index (κ1) is 37.6. The molecule has 260 valence electrons. The van der Waals surface area contributed by atoms with Gasteiger partial charge < -0.3 is 15.5 Å². The van der Waals surface area contributed by atoms with Gasteiger partial charge in [-0.25, -0.2) is 4.90 Å². The highest BCUT2D eigenvalue weighted by Gasteiger charge is 2.51. The van der Waals surface area contributed by atoms with Crippen LogP contribution in [0.3, 0.4) is 0 Å². The third-order valence-electron chi connectivity index (χ3n) is 9.16. The van der Waals surface area contributed by atoms with Crippen LogP contribution in [0.2, 0.25) is 0 Å². The van der Waals surface area contributed by atoms with Crippen LogP contribution in [-0.2, 0) is 25.4 Å². The number of hydrogen-bond donors (Lipinski definition) is 1. The summed E-state index contributed by atoms with van der Waals surface area (Å²) < 4.78 is 12.4. The summed E-state index contributed by atoms with van der Waals surface area (Å²) in [6, 6.07) is 26.5. The van der Waals surface area contributed by atoms with Crippen LogP contribution in [0.25, 0.3) is 0 Å². The molecule has 0 spiro atoms. The first-order valence-electron chi connectivity index (χ1n) is 17.4. The lowest BCUT2D eigenvalue weighted by Gasteiger charge is -2.45. The average molecular weight is 685 g/mol. The molecule has 10 heteroatoms. The number of carbonyl (C=O) groups excluding carboxylic acids is 4. The summed E-state index contributed by atoms with van der Waals surface area (Å²) >= 11 is 0. The number of anilines is 1. The molecule has 1 heterocycles. The lowest BCUT2D eigenvalue weighted by Crippen LogP contribution is -2.64. The Labute approximate surface area is 292 Å². The number of aryl methyl sites for hydroxylation is 1. The van der Waals surface area contributed by atoms with Crippen molar-refractivity contribution >= 4 is 37.8 Å². The summed E-state index contributed by atoms with van der Waals surface area (Å²) in [5, 5.41) is 0. The molecular weight excluding hydrogens is 635 g/mol. The van der Waals surface area contributed by atoms with E-state index in [1.54, 1.807) is 59.5 Å². The minimum absolute atomic E-state index is 0.0554. The van der Waals surface area contributed by atoms with Gasteiger partial charge in [0.05, 0.1) is 5.69 Å². The number of likely N-dealkylation sites (tertiary alicyclic amines) is 1. The molecule has 9 nitrogen and oxygen atoms in total. The van der Waals surface area contributed by atoms with Crippen LogP contribution >= 0.6 is 8.46 Å². The van der Waals surface area contributed by atoms with Crippen LogP contribution < -0.4 is 10.6 Å². The Bertz CT molecular complexity index is 1540. The Morgan fingerprint density at radius 3 is 2.14 bits per heavy atom. The van der Waals surface area contributed by atoms with Gasteiger partial charge in [0.25, 0.3) is 17.7 Å². The van der Waals surface area contributed by atoms with Gasteiger partial charge in [-0.2, -0.15) is 0 Å². The molecule has 0 radical (unpaired) electrons. The van der Waals surface area contributed by atoms with Gasteiger partial charge in [-0.1, -0.05) is 80.6 Å². The van der Waals surface area contributed by atoms with E-state index in [1.165, 1.54) is 9.80 Å². The van der Waals surface area contributed by atoms with Gasteiger partial charge >= 0.3 is 0 Å². The van der Waals surface area contributed by atoms with Gasteiger partial charge in [-0.15, -0.1) is 0 Å². The molecule has 0 saturated carbocycles. The second-order valence-electron chi connectivity index (χ2n) is 13.1. The monoisotopic (exact) mass is 684 g/mol. The molecule has 1 fully saturated rings. The molecule has 49 heavy (non-hydrogen) atoms. The minimum atomic E-state index is -1.48. The van der Waals surface area contributed by atoms with E-state index in [0.29, 0.717) is 62.9 Å². The molecule has 0 aliphatic carbocycles. The van der Waals surface area contributed by atoms with Crippen molar-refractivity contribution in [3.63, 3.8) is 0 Å². The number of benzene rings is 3. The number of carbonyl (C=O) groups is 4. The molecule has 4 amide bonds. The molecule has 4 rings (SSSR count). The fourth-order valence-corrected chi connectivity index (χ4v) is 7.46. The standard InChI is InChI=1S/C39H49N4O5P/c1-30(2)28-39(25-12-13-26-40,42(29-49-48)35(44)24-14-18-31-16-6-3-7-17-31)38(47)43(33-21-10-5-11-22-33)37(46)34-23-15-27-41(34)36(45)32-19-8-4-9-20-32/h3-11,16-17,19-22,30,34H,12-15,18,23-29,40H2,1-2H3/t34-,39-/m0/s1. The van der Waals surface area contributed by atoms with Crippen LogP contribution in [0, 0.1) is 5.92 Å². The predicted octanol–water partition coefficient (Wildman–Crippen LogP) is 6.87. The van der Waals surface area contributed by atoms with E-state index in [0.717, 1.165) is 5.56 Å². The molecule has 2 atom stereocenters. The molecule has 2 N–H and O–H groups in total. The quantitative estimate of drug-likeness (QED) is 0.122. The third kappa shape index (κ3) is 9.49. The lowest BCUT2D eigenvalue weighted by molar-refractivity contribution is -0.149. The Morgan fingerprint density at radius 2 is 1.53 bits per heavy atom. The number of unbranched alkanes of at least 4 members (excludes halogenated alkanes) is 1. The van der Waals surface area contributed by atoms with Gasteiger partial charge in [-0.05, 0) is 93.7 Å². The first-order chi connectivity index (χ1) is 23.7. The van der Waals surface area contributed by atoms with E-state index in [-0.39, 0.29) is 51.7 Å². The number of amides is 4. The second-order valence-corrected chi connectivity index (χ2v) is 13.7. The third-order valence-corrected chi connectivity index (χ3v) is 9.56. The molecular formula is C39H49N4O5P. The number of para-hydroxylation sites is 1. The van der Waals surface area contributed by atoms with Crippen LogP contribution in [0.4, 0.5) is 5.69 Å². The zero-order chi connectivity index (χ0) is 35.2. The summed E-state index contributed by atoms with van der Waals surface area (Å²) in [6.45, 7) is 4.74. The largest absolute Gasteiger partial charge is 0.330 e. The molecule has 0 aromatic heterocycles. The van der Waals surface area contributed by atoms with E-state index < -0.39 is 23.4 Å². The maximum absolute atomic E-state index is 15.4. The number of rotatable bonds is 17. The van der Waals surface area contributed by atoms with Gasteiger partial charge in [0.2, 0.25) is 5.91 Å². The SMILES string of the molecule is CC(C)C[C@@](CCCCN)(C(=O)N(C(=O)[C@@H]1CCCN1C(=O)c1ccccc1)c1ccccc1)N(CP=O)C(=O)CCCc1ccccc1. The van der Waals surface area contributed by atoms with Crippen molar-refractivity contribution in [3.05, 3.63) is 102 Å². The number of nitrogens with two attached hydrogens (primary N) is 1. The van der Waals surface area contributed by atoms with Gasteiger partial charge in [0.15, 0.2) is 8.46 Å². The summed E-state index contributed by atoms with van der Waals surface area (Å²) in [4.78, 5) is 62.3. The maximum atomic E-state index is 15.4. The van der Waals surface area contributed by atoms with Gasteiger partial charge in [-0.3, -0.25) is 23.7 Å². The van der Waals surface area contributed by atoms with Crippen molar-refractivity contribution in [2.75, 3.05) is 24.3 Å². The highest BCUT2D eigenvalue weighted by atomic mass is 31.1. The fraction of sp³-hybridized carbons (Fsp3) is 0.436. The van der Waals surface area contributed by atoms with E-state index in [9.17, 15) is 18.9 Å². The molecule has 1 aliphatic rings. The Morgan fingerprint density at radius 1 is 0.898 bits per heavy atom. The molecule has 0 unspecified atom stereocenters. The topological polar surface area (TPSA) is 121 Å². The average Bonchev–Trinajstić information content (AvgIpc) is 3.61. The molecule has 3 aromatic rings. The zero-order valence-electron chi connectivity index (χ0n) is 28.7. The fourth-order valence-electron chi connectivity index (χ4n) is 6.92.